The molecule has 0 atom stereocenters. The SMILES string of the molecule is Cc1cc(C)cc(NC(=O)CSC2=NC3(CCN(C(C)C)CC3)N=C2c2ccccc2)c1. The number of nitrogens with zero attached hydrogens (tertiary/aromatic N) is 3. The fourth-order valence-electron chi connectivity index (χ4n) is 4.41. The lowest BCUT2D eigenvalue weighted by Gasteiger charge is -2.37. The Kier molecular flexibility index (Phi) is 6.82. The van der Waals surface area contributed by atoms with Crippen molar-refractivity contribution in [3.63, 3.8) is 0 Å². The second-order valence-corrected chi connectivity index (χ2v) is 10.0. The summed E-state index contributed by atoms with van der Waals surface area (Å²) in [5, 5.41) is 3.91. The van der Waals surface area contributed by atoms with Gasteiger partial charge in [-0.1, -0.05) is 48.2 Å². The number of hydrogen-bond acceptors (Lipinski definition) is 5. The van der Waals surface area contributed by atoms with Crippen molar-refractivity contribution in [3.8, 4) is 0 Å². The predicted molar refractivity (Wildman–Crippen MR) is 136 cm³/mol. The molecule has 0 unspecified atom stereocenters. The lowest BCUT2D eigenvalue weighted by Crippen LogP contribution is -2.44. The Morgan fingerprint density at radius 3 is 2.34 bits per heavy atom. The molecule has 0 bridgehead atoms. The Morgan fingerprint density at radius 1 is 1.06 bits per heavy atom. The Balaban J connectivity index is 1.49. The number of carbonyl (C=O) groups is 1. The fraction of sp³-hybridized carbons (Fsp3) is 0.423. The monoisotopic (exact) mass is 448 g/mol. The smallest absolute Gasteiger partial charge is 0.234 e. The van der Waals surface area contributed by atoms with Crippen LogP contribution in [0.4, 0.5) is 5.69 Å². The van der Waals surface area contributed by atoms with Crippen molar-refractivity contribution in [1.29, 1.82) is 0 Å². The summed E-state index contributed by atoms with van der Waals surface area (Å²) < 4.78 is 0. The Labute approximate surface area is 195 Å². The number of aryl methyl sites for hydroxylation is 2. The number of nitrogens with one attached hydrogen (secondary N) is 1. The number of amides is 1. The average molecular weight is 449 g/mol. The molecule has 2 heterocycles. The third-order valence-corrected chi connectivity index (χ3v) is 7.02. The molecule has 1 amide bonds. The van der Waals surface area contributed by atoms with E-state index in [0.717, 1.165) is 59.1 Å². The van der Waals surface area contributed by atoms with E-state index >= 15 is 0 Å². The van der Waals surface area contributed by atoms with Crippen molar-refractivity contribution in [2.75, 3.05) is 24.2 Å². The Bertz CT molecular complexity index is 1020. The number of piperidine rings is 1. The number of benzene rings is 2. The zero-order valence-corrected chi connectivity index (χ0v) is 20.2. The highest BCUT2D eigenvalue weighted by molar-refractivity contribution is 8.16. The lowest BCUT2D eigenvalue weighted by molar-refractivity contribution is -0.113. The third-order valence-electron chi connectivity index (χ3n) is 6.05. The number of hydrogen-bond donors (Lipinski definition) is 1. The van der Waals surface area contributed by atoms with E-state index in [2.05, 4.69) is 42.3 Å². The van der Waals surface area contributed by atoms with E-state index in [9.17, 15) is 4.79 Å². The molecule has 1 fully saturated rings. The van der Waals surface area contributed by atoms with Gasteiger partial charge >= 0.3 is 0 Å². The number of thioether (sulfide) groups is 1. The molecule has 6 heteroatoms. The second-order valence-electron chi connectivity index (χ2n) is 9.07. The van der Waals surface area contributed by atoms with Gasteiger partial charge in [-0.05, 0) is 51.0 Å². The summed E-state index contributed by atoms with van der Waals surface area (Å²) in [6.07, 6.45) is 1.83. The van der Waals surface area contributed by atoms with E-state index in [1.807, 2.05) is 44.2 Å². The van der Waals surface area contributed by atoms with Gasteiger partial charge in [-0.3, -0.25) is 9.79 Å². The van der Waals surface area contributed by atoms with Gasteiger partial charge < -0.3 is 10.2 Å². The highest BCUT2D eigenvalue weighted by atomic mass is 32.2. The minimum atomic E-state index is -0.386. The largest absolute Gasteiger partial charge is 0.325 e. The van der Waals surface area contributed by atoms with Crippen LogP contribution in [0, 0.1) is 13.8 Å². The van der Waals surface area contributed by atoms with Crippen molar-refractivity contribution in [1.82, 2.24) is 4.90 Å². The Morgan fingerprint density at radius 2 is 1.72 bits per heavy atom. The molecular weight excluding hydrogens is 416 g/mol. The molecule has 2 aliphatic heterocycles. The molecule has 2 aromatic carbocycles. The molecule has 0 saturated carbocycles. The molecule has 2 aliphatic rings. The summed E-state index contributed by atoms with van der Waals surface area (Å²) >= 11 is 1.49. The van der Waals surface area contributed by atoms with Crippen molar-refractivity contribution in [3.05, 3.63) is 65.2 Å². The maximum absolute atomic E-state index is 12.7. The van der Waals surface area contributed by atoms with Gasteiger partial charge in [0.2, 0.25) is 5.91 Å². The summed E-state index contributed by atoms with van der Waals surface area (Å²) in [5.74, 6) is 0.289. The van der Waals surface area contributed by atoms with Gasteiger partial charge in [-0.25, -0.2) is 4.99 Å². The first-order valence-corrected chi connectivity index (χ1v) is 12.3. The normalized spacial score (nSPS) is 18.0. The summed E-state index contributed by atoms with van der Waals surface area (Å²) in [7, 11) is 0. The minimum absolute atomic E-state index is 0.0225. The third kappa shape index (κ3) is 5.30. The number of carbonyl (C=O) groups excluding carboxylic acids is 1. The van der Waals surface area contributed by atoms with E-state index in [1.54, 1.807) is 0 Å². The number of rotatable bonds is 5. The lowest BCUT2D eigenvalue weighted by atomic mass is 9.97. The van der Waals surface area contributed by atoms with Crippen LogP contribution in [0.2, 0.25) is 0 Å². The first-order chi connectivity index (χ1) is 15.3. The van der Waals surface area contributed by atoms with E-state index in [4.69, 9.17) is 9.98 Å². The summed E-state index contributed by atoms with van der Waals surface area (Å²) in [5.41, 5.74) is 4.73. The first kappa shape index (κ1) is 22.7. The van der Waals surface area contributed by atoms with Crippen LogP contribution < -0.4 is 5.32 Å². The molecule has 0 aliphatic carbocycles. The summed E-state index contributed by atoms with van der Waals surface area (Å²) in [4.78, 5) is 25.4. The highest BCUT2D eigenvalue weighted by Gasteiger charge is 2.40. The minimum Gasteiger partial charge on any atom is -0.325 e. The molecule has 2 aromatic rings. The average Bonchev–Trinajstić information content (AvgIpc) is 3.10. The predicted octanol–water partition coefficient (Wildman–Crippen LogP) is 5.08. The summed E-state index contributed by atoms with van der Waals surface area (Å²) in [6, 6.07) is 16.9. The van der Waals surface area contributed by atoms with Crippen molar-refractivity contribution < 1.29 is 4.79 Å². The summed E-state index contributed by atoms with van der Waals surface area (Å²) in [6.45, 7) is 10.6. The van der Waals surface area contributed by atoms with Crippen LogP contribution in [0.15, 0.2) is 58.5 Å². The van der Waals surface area contributed by atoms with E-state index < -0.39 is 0 Å². The van der Waals surface area contributed by atoms with Crippen LogP contribution in [0.3, 0.4) is 0 Å². The van der Waals surface area contributed by atoms with Gasteiger partial charge in [0.25, 0.3) is 0 Å². The molecule has 5 nitrogen and oxygen atoms in total. The molecule has 1 spiro atoms. The molecule has 4 rings (SSSR count). The van der Waals surface area contributed by atoms with Crippen molar-refractivity contribution in [2.24, 2.45) is 9.98 Å². The van der Waals surface area contributed by atoms with Gasteiger partial charge in [0, 0.05) is 43.2 Å². The van der Waals surface area contributed by atoms with Crippen LogP contribution in [0.25, 0.3) is 0 Å². The van der Waals surface area contributed by atoms with Gasteiger partial charge in [0.05, 0.1) is 11.5 Å². The molecule has 1 saturated heterocycles. The van der Waals surface area contributed by atoms with Crippen molar-refractivity contribution in [2.45, 2.75) is 52.2 Å². The maximum Gasteiger partial charge on any atom is 0.234 e. The number of likely N-dealkylation sites (tertiary alicyclic amines) is 1. The topological polar surface area (TPSA) is 57.1 Å². The standard InChI is InChI=1S/C26H32N4OS/c1-18(2)30-12-10-26(11-13-30)28-24(21-8-6-5-7-9-21)25(29-26)32-17-23(31)27-22-15-19(3)14-20(4)16-22/h5-9,14-16,18H,10-13,17H2,1-4H3,(H,27,31). The molecule has 32 heavy (non-hydrogen) atoms. The van der Waals surface area contributed by atoms with E-state index in [0.29, 0.717) is 11.8 Å². The first-order valence-electron chi connectivity index (χ1n) is 11.3. The van der Waals surface area contributed by atoms with Gasteiger partial charge in [0.1, 0.15) is 5.04 Å². The zero-order chi connectivity index (χ0) is 22.7. The van der Waals surface area contributed by atoms with Crippen LogP contribution >= 0.6 is 11.8 Å². The second kappa shape index (κ2) is 9.59. The molecule has 0 radical (unpaired) electrons. The van der Waals surface area contributed by atoms with Crippen LogP contribution in [0.5, 0.6) is 0 Å². The molecule has 0 aromatic heterocycles. The van der Waals surface area contributed by atoms with Crippen LogP contribution in [0.1, 0.15) is 43.4 Å². The van der Waals surface area contributed by atoms with E-state index in [1.165, 1.54) is 11.8 Å². The fourth-order valence-corrected chi connectivity index (χ4v) is 5.28. The Hall–Kier alpha value is -2.44. The molecular formula is C26H32N4OS. The van der Waals surface area contributed by atoms with Crippen molar-refractivity contribution >= 4 is 34.1 Å². The maximum atomic E-state index is 12.7. The van der Waals surface area contributed by atoms with Crippen LogP contribution in [-0.4, -0.2) is 52.1 Å². The number of anilines is 1. The highest BCUT2D eigenvalue weighted by Crippen LogP contribution is 2.36. The zero-order valence-electron chi connectivity index (χ0n) is 19.4. The quantitative estimate of drug-likeness (QED) is 0.694. The van der Waals surface area contributed by atoms with Gasteiger partial charge in [-0.2, -0.15) is 0 Å². The van der Waals surface area contributed by atoms with Gasteiger partial charge in [0.15, 0.2) is 5.66 Å². The molecule has 1 N–H and O–H groups in total. The van der Waals surface area contributed by atoms with Crippen LogP contribution in [-0.2, 0) is 4.79 Å². The van der Waals surface area contributed by atoms with E-state index in [-0.39, 0.29) is 11.6 Å². The molecule has 168 valence electrons. The van der Waals surface area contributed by atoms with Gasteiger partial charge in [-0.15, -0.1) is 0 Å². The number of aliphatic imine (C=N–C) groups is 2.